The van der Waals surface area contributed by atoms with Gasteiger partial charge in [0, 0.05) is 31.7 Å². The highest BCUT2D eigenvalue weighted by Crippen LogP contribution is 2.18. The number of para-hydroxylation sites is 1. The average molecular weight is 388 g/mol. The summed E-state index contributed by atoms with van der Waals surface area (Å²) >= 11 is 0. The molecule has 0 aromatic heterocycles. The Kier molecular flexibility index (Phi) is 10.5. The fourth-order valence-electron chi connectivity index (χ4n) is 3.26. The molecular weight excluding hydrogens is 350 g/mol. The molecule has 0 bridgehead atoms. The summed E-state index contributed by atoms with van der Waals surface area (Å²) in [6, 6.07) is 8.04. The standard InChI is InChI=1S/C22H37N5O/c1-4-18-28-21-11-7-6-10-20(21)19-25-22(23-5-2)24-12-8-14-27-15-9-13-26(3)16-17-27/h4,6-7,10-11H,1,5,8-9,12-19H2,2-3H3,(H2,23,24,25). The van der Waals surface area contributed by atoms with Gasteiger partial charge in [-0.25, -0.2) is 4.99 Å². The number of rotatable bonds is 10. The van der Waals surface area contributed by atoms with Crippen LogP contribution < -0.4 is 15.4 Å². The highest BCUT2D eigenvalue weighted by molar-refractivity contribution is 5.79. The van der Waals surface area contributed by atoms with Crippen molar-refractivity contribution in [1.82, 2.24) is 20.4 Å². The molecule has 0 amide bonds. The van der Waals surface area contributed by atoms with Crippen LogP contribution in [-0.2, 0) is 6.54 Å². The minimum Gasteiger partial charge on any atom is -0.489 e. The van der Waals surface area contributed by atoms with Crippen LogP contribution in [0.5, 0.6) is 5.75 Å². The Morgan fingerprint density at radius 2 is 2.07 bits per heavy atom. The van der Waals surface area contributed by atoms with E-state index in [0.717, 1.165) is 43.3 Å². The van der Waals surface area contributed by atoms with Gasteiger partial charge in [0.25, 0.3) is 0 Å². The van der Waals surface area contributed by atoms with Crippen LogP contribution in [0.2, 0.25) is 0 Å². The average Bonchev–Trinajstić information content (AvgIpc) is 2.92. The summed E-state index contributed by atoms with van der Waals surface area (Å²) in [6.07, 6.45) is 4.14. The highest BCUT2D eigenvalue weighted by atomic mass is 16.5. The Morgan fingerprint density at radius 1 is 1.21 bits per heavy atom. The number of benzene rings is 1. The minimum absolute atomic E-state index is 0.505. The van der Waals surface area contributed by atoms with Gasteiger partial charge < -0.3 is 25.2 Å². The van der Waals surface area contributed by atoms with Gasteiger partial charge in [0.05, 0.1) is 6.54 Å². The fourth-order valence-corrected chi connectivity index (χ4v) is 3.26. The summed E-state index contributed by atoms with van der Waals surface area (Å²) in [7, 11) is 2.21. The molecule has 1 heterocycles. The quantitative estimate of drug-likeness (QED) is 0.279. The Balaban J connectivity index is 1.79. The van der Waals surface area contributed by atoms with E-state index in [9.17, 15) is 0 Å². The topological polar surface area (TPSA) is 52.1 Å². The first kappa shape index (κ1) is 22.2. The summed E-state index contributed by atoms with van der Waals surface area (Å²) in [5, 5.41) is 6.79. The van der Waals surface area contributed by atoms with Gasteiger partial charge in [-0.2, -0.15) is 0 Å². The Labute approximate surface area is 170 Å². The van der Waals surface area contributed by atoms with Crippen molar-refractivity contribution in [2.45, 2.75) is 26.3 Å². The van der Waals surface area contributed by atoms with E-state index in [1.165, 1.54) is 32.6 Å². The van der Waals surface area contributed by atoms with Crippen molar-refractivity contribution < 1.29 is 4.74 Å². The highest BCUT2D eigenvalue weighted by Gasteiger charge is 2.11. The minimum atomic E-state index is 0.505. The molecule has 6 heteroatoms. The molecule has 0 spiro atoms. The van der Waals surface area contributed by atoms with Crippen LogP contribution in [0.25, 0.3) is 0 Å². The normalized spacial score (nSPS) is 16.4. The number of guanidine groups is 1. The van der Waals surface area contributed by atoms with Crippen molar-refractivity contribution in [3.05, 3.63) is 42.5 Å². The van der Waals surface area contributed by atoms with Crippen molar-refractivity contribution in [3.8, 4) is 5.75 Å². The van der Waals surface area contributed by atoms with Gasteiger partial charge in [-0.15, -0.1) is 0 Å². The van der Waals surface area contributed by atoms with Gasteiger partial charge in [-0.1, -0.05) is 30.9 Å². The summed E-state index contributed by atoms with van der Waals surface area (Å²) in [6.45, 7) is 14.6. The molecule has 0 aliphatic carbocycles. The zero-order chi connectivity index (χ0) is 20.0. The van der Waals surface area contributed by atoms with Crippen LogP contribution in [0, 0.1) is 0 Å². The van der Waals surface area contributed by atoms with Crippen molar-refractivity contribution in [2.24, 2.45) is 4.99 Å². The van der Waals surface area contributed by atoms with Crippen LogP contribution in [0.15, 0.2) is 41.9 Å². The molecule has 2 N–H and O–H groups in total. The Hall–Kier alpha value is -2.05. The van der Waals surface area contributed by atoms with E-state index in [-0.39, 0.29) is 0 Å². The van der Waals surface area contributed by atoms with Crippen molar-refractivity contribution >= 4 is 5.96 Å². The lowest BCUT2D eigenvalue weighted by Crippen LogP contribution is -2.39. The summed E-state index contributed by atoms with van der Waals surface area (Å²) in [5.74, 6) is 1.73. The van der Waals surface area contributed by atoms with Crippen LogP contribution in [0.1, 0.15) is 25.3 Å². The van der Waals surface area contributed by atoms with Gasteiger partial charge in [0.1, 0.15) is 12.4 Å². The largest absolute Gasteiger partial charge is 0.489 e. The van der Waals surface area contributed by atoms with Crippen molar-refractivity contribution in [2.75, 3.05) is 59.5 Å². The molecule has 156 valence electrons. The molecule has 0 radical (unpaired) electrons. The molecule has 1 aromatic rings. The lowest BCUT2D eigenvalue weighted by molar-refractivity contribution is 0.274. The number of hydrogen-bond acceptors (Lipinski definition) is 4. The van der Waals surface area contributed by atoms with Crippen molar-refractivity contribution in [1.29, 1.82) is 0 Å². The maximum absolute atomic E-state index is 5.72. The molecule has 2 rings (SSSR count). The fraction of sp³-hybridized carbons (Fsp3) is 0.591. The van der Waals surface area contributed by atoms with Gasteiger partial charge in [0.15, 0.2) is 5.96 Å². The Morgan fingerprint density at radius 3 is 2.89 bits per heavy atom. The molecule has 1 saturated heterocycles. The first-order chi connectivity index (χ1) is 13.7. The maximum atomic E-state index is 5.72. The first-order valence-electron chi connectivity index (χ1n) is 10.5. The molecule has 6 nitrogen and oxygen atoms in total. The van der Waals surface area contributed by atoms with Crippen LogP contribution in [-0.4, -0.2) is 75.2 Å². The lowest BCUT2D eigenvalue weighted by Gasteiger charge is -2.20. The third-order valence-corrected chi connectivity index (χ3v) is 4.84. The SMILES string of the molecule is C=CCOc1ccccc1CN=C(NCC)NCCCN1CCCN(C)CC1. The van der Waals surface area contributed by atoms with E-state index < -0.39 is 0 Å². The van der Waals surface area contributed by atoms with Gasteiger partial charge >= 0.3 is 0 Å². The monoisotopic (exact) mass is 387 g/mol. The van der Waals surface area contributed by atoms with Crippen molar-refractivity contribution in [3.63, 3.8) is 0 Å². The van der Waals surface area contributed by atoms with Crippen LogP contribution >= 0.6 is 0 Å². The zero-order valence-corrected chi connectivity index (χ0v) is 17.6. The smallest absolute Gasteiger partial charge is 0.191 e. The van der Waals surface area contributed by atoms with E-state index in [2.05, 4.69) is 47.1 Å². The number of aliphatic imine (C=N–C) groups is 1. The Bertz CT molecular complexity index is 604. The number of nitrogens with one attached hydrogen (secondary N) is 2. The second-order valence-electron chi connectivity index (χ2n) is 7.18. The number of ether oxygens (including phenoxy) is 1. The first-order valence-corrected chi connectivity index (χ1v) is 10.5. The predicted molar refractivity (Wildman–Crippen MR) is 118 cm³/mol. The van der Waals surface area contributed by atoms with Crippen LogP contribution in [0.4, 0.5) is 0 Å². The van der Waals surface area contributed by atoms with E-state index in [1.807, 2.05) is 18.2 Å². The third kappa shape index (κ3) is 8.31. The number of hydrogen-bond donors (Lipinski definition) is 2. The third-order valence-electron chi connectivity index (χ3n) is 4.84. The maximum Gasteiger partial charge on any atom is 0.191 e. The number of nitrogens with zero attached hydrogens (tertiary/aromatic N) is 3. The summed E-state index contributed by atoms with van der Waals surface area (Å²) in [5.41, 5.74) is 1.08. The van der Waals surface area contributed by atoms with E-state index in [4.69, 9.17) is 9.73 Å². The zero-order valence-electron chi connectivity index (χ0n) is 17.6. The summed E-state index contributed by atoms with van der Waals surface area (Å²) in [4.78, 5) is 9.72. The second-order valence-corrected chi connectivity index (χ2v) is 7.18. The molecule has 1 aliphatic heterocycles. The lowest BCUT2D eigenvalue weighted by atomic mass is 10.2. The molecule has 28 heavy (non-hydrogen) atoms. The predicted octanol–water partition coefficient (Wildman–Crippen LogP) is 2.33. The molecule has 1 fully saturated rings. The van der Waals surface area contributed by atoms with E-state index >= 15 is 0 Å². The van der Waals surface area contributed by atoms with Crippen LogP contribution in [0.3, 0.4) is 0 Å². The molecule has 1 aliphatic rings. The molecule has 0 unspecified atom stereocenters. The molecule has 1 aromatic carbocycles. The van der Waals surface area contributed by atoms with E-state index in [0.29, 0.717) is 13.2 Å². The van der Waals surface area contributed by atoms with Gasteiger partial charge in [-0.05, 0) is 52.5 Å². The van der Waals surface area contributed by atoms with E-state index in [1.54, 1.807) is 6.08 Å². The summed E-state index contributed by atoms with van der Waals surface area (Å²) < 4.78 is 5.72. The molecular formula is C22H37N5O. The molecule has 0 saturated carbocycles. The van der Waals surface area contributed by atoms with Gasteiger partial charge in [-0.3, -0.25) is 0 Å². The molecule has 0 atom stereocenters. The van der Waals surface area contributed by atoms with Gasteiger partial charge in [0.2, 0.25) is 0 Å². The second kappa shape index (κ2) is 13.2. The number of likely N-dealkylation sites (N-methyl/N-ethyl adjacent to an activating group) is 1.